The zero-order valence-electron chi connectivity index (χ0n) is 8.35. The van der Waals surface area contributed by atoms with Crippen molar-refractivity contribution in [1.82, 2.24) is 0 Å². The van der Waals surface area contributed by atoms with E-state index in [-0.39, 0.29) is 5.97 Å². The molecule has 0 aliphatic carbocycles. The number of ether oxygens (including phenoxy) is 1. The minimum absolute atomic E-state index is 0.00639. The Hall–Kier alpha value is 0.0129. The molecule has 0 amide bonds. The predicted octanol–water partition coefficient (Wildman–Crippen LogP) is 2.47. The molecule has 0 bridgehead atoms. The summed E-state index contributed by atoms with van der Waals surface area (Å²) in [5.41, 5.74) is 0. The molecule has 1 radical (unpaired) electrons. The first-order chi connectivity index (χ1) is 5.74. The fraction of sp³-hybridized carbons (Fsp3) is 0.889. The molecule has 0 unspecified atom stereocenters. The van der Waals surface area contributed by atoms with Crippen molar-refractivity contribution in [3.63, 3.8) is 0 Å². The molecule has 0 aromatic carbocycles. The summed E-state index contributed by atoms with van der Waals surface area (Å²) in [5.74, 6) is 0.00639. The monoisotopic (exact) mass is 233 g/mol. The Kier molecular flexibility index (Phi) is 7.66. The van der Waals surface area contributed by atoms with E-state index >= 15 is 0 Å². The Morgan fingerprint density at radius 3 is 2.08 bits per heavy atom. The zero-order chi connectivity index (χ0) is 9.40. The molecule has 0 saturated heterocycles. The van der Waals surface area contributed by atoms with Gasteiger partial charge in [-0.15, -0.1) is 0 Å². The Balaban J connectivity index is 3.68. The van der Waals surface area contributed by atoms with Gasteiger partial charge < -0.3 is 0 Å². The van der Waals surface area contributed by atoms with Crippen molar-refractivity contribution in [2.24, 2.45) is 0 Å². The van der Waals surface area contributed by atoms with Crippen LogP contribution in [0, 0.1) is 0 Å². The van der Waals surface area contributed by atoms with Crippen LogP contribution in [0.4, 0.5) is 0 Å². The zero-order valence-corrected chi connectivity index (χ0v) is 10.5. The van der Waals surface area contributed by atoms with Crippen LogP contribution in [0.2, 0.25) is 15.8 Å². The topological polar surface area (TPSA) is 26.3 Å². The van der Waals surface area contributed by atoms with Gasteiger partial charge in [0.25, 0.3) is 0 Å². The minimum atomic E-state index is -1.05. The van der Waals surface area contributed by atoms with Crippen molar-refractivity contribution in [3.05, 3.63) is 0 Å². The van der Waals surface area contributed by atoms with E-state index in [9.17, 15) is 4.79 Å². The van der Waals surface area contributed by atoms with Crippen molar-refractivity contribution in [1.29, 1.82) is 0 Å². The summed E-state index contributed by atoms with van der Waals surface area (Å²) in [5, 5.41) is 3.38. The van der Waals surface area contributed by atoms with Gasteiger partial charge in [0, 0.05) is 0 Å². The molecule has 0 saturated carbocycles. The molecular weight excluding hydrogens is 213 g/mol. The SMILES string of the molecule is CC[CH2][Ge]([CH2]CC)[CH2]C(=O)OC. The Bertz CT molecular complexity index is 120. The number of hydrogen-bond acceptors (Lipinski definition) is 2. The molecule has 0 heterocycles. The number of esters is 1. The molecule has 0 atom stereocenters. The Morgan fingerprint density at radius 2 is 1.75 bits per heavy atom. The summed E-state index contributed by atoms with van der Waals surface area (Å²) < 4.78 is 4.68. The number of methoxy groups -OCH3 is 1. The van der Waals surface area contributed by atoms with E-state index in [4.69, 9.17) is 0 Å². The average molecular weight is 232 g/mol. The van der Waals surface area contributed by atoms with Crippen molar-refractivity contribution < 1.29 is 9.53 Å². The van der Waals surface area contributed by atoms with Crippen LogP contribution in [0.3, 0.4) is 0 Å². The molecule has 0 N–H and O–H groups in total. The number of rotatable bonds is 6. The van der Waals surface area contributed by atoms with Gasteiger partial charge in [0.15, 0.2) is 0 Å². The second-order valence-corrected chi connectivity index (χ2v) is 8.99. The van der Waals surface area contributed by atoms with Crippen LogP contribution in [-0.4, -0.2) is 27.4 Å². The van der Waals surface area contributed by atoms with E-state index in [0.29, 0.717) is 0 Å². The average Bonchev–Trinajstić information content (AvgIpc) is 2.05. The quantitative estimate of drug-likeness (QED) is 0.519. The standard InChI is InChI=1S/C9H19GeO2/c1-4-6-10(7-5-2)8-9(11)12-3/h4-8H2,1-3H3. The van der Waals surface area contributed by atoms with E-state index in [1.54, 1.807) is 0 Å². The molecule has 0 fully saturated rings. The first-order valence-electron chi connectivity index (χ1n) is 4.64. The maximum absolute atomic E-state index is 11.0. The summed E-state index contributed by atoms with van der Waals surface area (Å²) in [6.07, 6.45) is 2.46. The number of carbonyl (C=O) groups is 1. The van der Waals surface area contributed by atoms with Crippen molar-refractivity contribution >= 4 is 20.3 Å². The molecule has 71 valence electrons. The third-order valence-corrected chi connectivity index (χ3v) is 8.55. The van der Waals surface area contributed by atoms with E-state index in [0.717, 1.165) is 5.25 Å². The van der Waals surface area contributed by atoms with Crippen LogP contribution in [-0.2, 0) is 9.53 Å². The number of hydrogen-bond donors (Lipinski definition) is 0. The third-order valence-electron chi connectivity index (χ3n) is 1.83. The second kappa shape index (κ2) is 7.65. The van der Waals surface area contributed by atoms with Gasteiger partial charge in [-0.2, -0.15) is 0 Å². The van der Waals surface area contributed by atoms with Crippen LogP contribution in [0.5, 0.6) is 0 Å². The molecule has 0 aliphatic heterocycles. The van der Waals surface area contributed by atoms with Gasteiger partial charge >= 0.3 is 79.4 Å². The van der Waals surface area contributed by atoms with E-state index in [2.05, 4.69) is 18.6 Å². The third kappa shape index (κ3) is 5.64. The Morgan fingerprint density at radius 1 is 1.25 bits per heavy atom. The van der Waals surface area contributed by atoms with Crippen LogP contribution >= 0.6 is 0 Å². The van der Waals surface area contributed by atoms with Gasteiger partial charge in [-0.05, 0) is 0 Å². The van der Waals surface area contributed by atoms with E-state index < -0.39 is 14.3 Å². The van der Waals surface area contributed by atoms with E-state index in [1.807, 2.05) is 0 Å². The van der Waals surface area contributed by atoms with Crippen molar-refractivity contribution in [3.8, 4) is 0 Å². The van der Waals surface area contributed by atoms with Crippen molar-refractivity contribution in [2.45, 2.75) is 42.4 Å². The molecule has 0 spiro atoms. The van der Waals surface area contributed by atoms with E-state index in [1.165, 1.54) is 30.5 Å². The molecule has 3 heteroatoms. The Labute approximate surface area is 79.8 Å². The molecule has 0 aliphatic rings. The van der Waals surface area contributed by atoms with Gasteiger partial charge in [-0.25, -0.2) is 0 Å². The fourth-order valence-electron chi connectivity index (χ4n) is 1.29. The fourth-order valence-corrected chi connectivity index (χ4v) is 6.68. The van der Waals surface area contributed by atoms with Crippen LogP contribution in [0.15, 0.2) is 0 Å². The summed E-state index contributed by atoms with van der Waals surface area (Å²) in [6.45, 7) is 4.39. The first kappa shape index (κ1) is 12.0. The molecule has 12 heavy (non-hydrogen) atoms. The van der Waals surface area contributed by atoms with Gasteiger partial charge in [0.05, 0.1) is 0 Å². The molecule has 0 aromatic heterocycles. The normalized spacial score (nSPS) is 10.3. The van der Waals surface area contributed by atoms with Gasteiger partial charge in [0.1, 0.15) is 0 Å². The summed E-state index contributed by atoms with van der Waals surface area (Å²) in [4.78, 5) is 11.0. The number of carbonyl (C=O) groups excluding carboxylic acids is 1. The van der Waals surface area contributed by atoms with Crippen LogP contribution < -0.4 is 0 Å². The predicted molar refractivity (Wildman–Crippen MR) is 52.8 cm³/mol. The first-order valence-corrected chi connectivity index (χ1v) is 9.10. The molecule has 2 nitrogen and oxygen atoms in total. The van der Waals surface area contributed by atoms with Gasteiger partial charge in [-0.3, -0.25) is 0 Å². The molecule has 0 aromatic rings. The van der Waals surface area contributed by atoms with Crippen LogP contribution in [0.1, 0.15) is 26.7 Å². The van der Waals surface area contributed by atoms with Gasteiger partial charge in [-0.1, -0.05) is 0 Å². The molecule has 0 rings (SSSR count). The van der Waals surface area contributed by atoms with Crippen LogP contribution in [0.25, 0.3) is 0 Å². The second-order valence-electron chi connectivity index (χ2n) is 3.00. The molecular formula is C9H19GeO2. The van der Waals surface area contributed by atoms with Gasteiger partial charge in [0.2, 0.25) is 0 Å². The summed E-state index contributed by atoms with van der Waals surface area (Å²) >= 11 is -1.05. The van der Waals surface area contributed by atoms with Crippen molar-refractivity contribution in [2.75, 3.05) is 7.11 Å². The maximum atomic E-state index is 11.0. The summed E-state index contributed by atoms with van der Waals surface area (Å²) in [6, 6.07) is 0. The summed E-state index contributed by atoms with van der Waals surface area (Å²) in [7, 11) is 1.48.